The highest BCUT2D eigenvalue weighted by Crippen LogP contribution is 2.18. The molecule has 0 aliphatic heterocycles. The second kappa shape index (κ2) is 50.5. The molecule has 0 rings (SSSR count). The second-order valence-corrected chi connectivity index (χ2v) is 18.7. The van der Waals surface area contributed by atoms with Gasteiger partial charge in [0.2, 0.25) is 5.91 Å². The van der Waals surface area contributed by atoms with E-state index in [-0.39, 0.29) is 12.5 Å². The maximum absolute atomic E-state index is 12.4. The zero-order valence-electron chi connectivity index (χ0n) is 39.8. The van der Waals surface area contributed by atoms with Gasteiger partial charge in [-0.25, -0.2) is 0 Å². The first-order chi connectivity index (χ1) is 28.7. The predicted octanol–water partition coefficient (Wildman–Crippen LogP) is 17.4. The molecule has 2 atom stereocenters. The molecule has 3 N–H and O–H groups in total. The van der Waals surface area contributed by atoms with Crippen molar-refractivity contribution in [3.8, 4) is 0 Å². The number of hydrogen-bond donors (Lipinski definition) is 3. The normalized spacial score (nSPS) is 12.8. The average Bonchev–Trinajstić information content (AvgIpc) is 3.23. The van der Waals surface area contributed by atoms with Gasteiger partial charge in [-0.15, -0.1) is 0 Å². The second-order valence-electron chi connectivity index (χ2n) is 18.7. The third kappa shape index (κ3) is 46.2. The van der Waals surface area contributed by atoms with E-state index >= 15 is 0 Å². The number of rotatable bonds is 50. The van der Waals surface area contributed by atoms with Crippen LogP contribution in [0.3, 0.4) is 0 Å². The highest BCUT2D eigenvalue weighted by molar-refractivity contribution is 5.76. The number of amides is 1. The van der Waals surface area contributed by atoms with Gasteiger partial charge in [-0.2, -0.15) is 0 Å². The Morgan fingerprint density at radius 1 is 0.397 bits per heavy atom. The van der Waals surface area contributed by atoms with Gasteiger partial charge in [0.1, 0.15) is 0 Å². The van der Waals surface area contributed by atoms with Crippen LogP contribution in [0.25, 0.3) is 0 Å². The molecule has 0 fully saturated rings. The Bertz CT molecular complexity index is 799. The molecular weight excluding hydrogens is 711 g/mol. The molecule has 0 spiro atoms. The Morgan fingerprint density at radius 2 is 0.638 bits per heavy atom. The Morgan fingerprint density at radius 3 is 0.897 bits per heavy atom. The van der Waals surface area contributed by atoms with Crippen LogP contribution in [0.2, 0.25) is 0 Å². The molecule has 0 saturated heterocycles. The van der Waals surface area contributed by atoms with Gasteiger partial charge in [-0.3, -0.25) is 4.79 Å². The van der Waals surface area contributed by atoms with E-state index < -0.39 is 12.1 Å². The molecule has 0 aromatic rings. The molecule has 1 amide bonds. The Labute approximate surface area is 365 Å². The van der Waals surface area contributed by atoms with Crippen LogP contribution in [-0.4, -0.2) is 34.9 Å². The zero-order valence-corrected chi connectivity index (χ0v) is 39.8. The first-order valence-electron chi connectivity index (χ1n) is 26.9. The van der Waals surface area contributed by atoms with E-state index in [1.54, 1.807) is 6.08 Å². The van der Waals surface area contributed by atoms with Crippen LogP contribution in [-0.2, 0) is 4.79 Å². The summed E-state index contributed by atoms with van der Waals surface area (Å²) in [7, 11) is 0. The Balaban J connectivity index is 3.41. The smallest absolute Gasteiger partial charge is 0.220 e. The topological polar surface area (TPSA) is 69.6 Å². The van der Waals surface area contributed by atoms with E-state index in [1.807, 2.05) is 6.08 Å². The first-order valence-corrected chi connectivity index (χ1v) is 26.9. The van der Waals surface area contributed by atoms with E-state index in [9.17, 15) is 15.0 Å². The summed E-state index contributed by atoms with van der Waals surface area (Å²) in [5, 5.41) is 23.1. The lowest BCUT2D eigenvalue weighted by molar-refractivity contribution is -0.123. The van der Waals surface area contributed by atoms with Gasteiger partial charge in [0.15, 0.2) is 0 Å². The van der Waals surface area contributed by atoms with Gasteiger partial charge < -0.3 is 15.5 Å². The van der Waals surface area contributed by atoms with Gasteiger partial charge in [0.05, 0.1) is 18.8 Å². The molecule has 346 valence electrons. The van der Waals surface area contributed by atoms with Gasteiger partial charge in [0, 0.05) is 6.42 Å². The molecule has 0 saturated carbocycles. The molecule has 0 heterocycles. The first kappa shape index (κ1) is 57.1. The molecule has 0 radical (unpaired) electrons. The van der Waals surface area contributed by atoms with Gasteiger partial charge >= 0.3 is 0 Å². The molecular formula is C54H107NO3. The molecule has 0 aromatic carbocycles. The minimum Gasteiger partial charge on any atom is -0.394 e. The Kier molecular flexibility index (Phi) is 49.7. The number of hydrogen-bond acceptors (Lipinski definition) is 3. The summed E-state index contributed by atoms with van der Waals surface area (Å²) in [6.45, 7) is 4.34. The van der Waals surface area contributed by atoms with Crippen LogP contribution in [0.1, 0.15) is 309 Å². The largest absolute Gasteiger partial charge is 0.394 e. The summed E-state index contributed by atoms with van der Waals surface area (Å²) in [6.07, 6.45) is 65.2. The molecule has 58 heavy (non-hydrogen) atoms. The van der Waals surface area contributed by atoms with Gasteiger partial charge in [0.25, 0.3) is 0 Å². The van der Waals surface area contributed by atoms with Crippen molar-refractivity contribution >= 4 is 5.91 Å². The fourth-order valence-electron chi connectivity index (χ4n) is 8.65. The van der Waals surface area contributed by atoms with Crippen molar-refractivity contribution in [2.24, 2.45) is 0 Å². The molecule has 4 nitrogen and oxygen atoms in total. The molecule has 0 aliphatic carbocycles. The maximum atomic E-state index is 12.4. The van der Waals surface area contributed by atoms with Crippen molar-refractivity contribution in [1.82, 2.24) is 5.32 Å². The summed E-state index contributed by atoms with van der Waals surface area (Å²) >= 11 is 0. The maximum Gasteiger partial charge on any atom is 0.220 e. The lowest BCUT2D eigenvalue weighted by atomic mass is 10.0. The van der Waals surface area contributed by atoms with Crippen LogP contribution in [0.15, 0.2) is 12.2 Å². The number of aliphatic hydroxyl groups is 2. The van der Waals surface area contributed by atoms with Crippen molar-refractivity contribution in [3.05, 3.63) is 12.2 Å². The SMILES string of the molecule is CCCCCCCCCCCCCCCCCCCCCCCCCCCCCCCC/C=C/C(O)C(CO)NC(=O)CCCCCCCCCCCCCCCC. The minimum atomic E-state index is -0.834. The fraction of sp³-hybridized carbons (Fsp3) is 0.944. The highest BCUT2D eigenvalue weighted by Gasteiger charge is 2.18. The number of aliphatic hydroxyl groups excluding tert-OH is 2. The molecule has 0 bridgehead atoms. The van der Waals surface area contributed by atoms with E-state index in [4.69, 9.17) is 0 Å². The van der Waals surface area contributed by atoms with Crippen LogP contribution in [0.4, 0.5) is 0 Å². The third-order valence-corrected chi connectivity index (χ3v) is 12.8. The lowest BCUT2D eigenvalue weighted by Gasteiger charge is -2.20. The molecule has 2 unspecified atom stereocenters. The number of unbranched alkanes of at least 4 members (excludes halogenated alkanes) is 43. The lowest BCUT2D eigenvalue weighted by Crippen LogP contribution is -2.45. The number of allylic oxidation sites excluding steroid dienone is 1. The Hall–Kier alpha value is -0.870. The third-order valence-electron chi connectivity index (χ3n) is 12.8. The summed E-state index contributed by atoms with van der Waals surface area (Å²) < 4.78 is 0. The predicted molar refractivity (Wildman–Crippen MR) is 258 cm³/mol. The van der Waals surface area contributed by atoms with Crippen LogP contribution in [0, 0.1) is 0 Å². The van der Waals surface area contributed by atoms with E-state index in [0.717, 1.165) is 25.7 Å². The molecule has 4 heteroatoms. The quantitative estimate of drug-likeness (QED) is 0.0423. The number of carbonyl (C=O) groups is 1. The van der Waals surface area contributed by atoms with Crippen LogP contribution < -0.4 is 5.32 Å². The summed E-state index contributed by atoms with van der Waals surface area (Å²) in [6, 6.07) is -0.617. The molecule has 0 aromatic heterocycles. The van der Waals surface area contributed by atoms with Crippen molar-refractivity contribution in [1.29, 1.82) is 0 Å². The van der Waals surface area contributed by atoms with Gasteiger partial charge in [-0.1, -0.05) is 296 Å². The monoisotopic (exact) mass is 818 g/mol. The molecule has 0 aliphatic rings. The summed E-state index contributed by atoms with van der Waals surface area (Å²) in [5.74, 6) is -0.0588. The summed E-state index contributed by atoms with van der Waals surface area (Å²) in [5.41, 5.74) is 0. The van der Waals surface area contributed by atoms with Crippen LogP contribution >= 0.6 is 0 Å². The zero-order chi connectivity index (χ0) is 42.1. The minimum absolute atomic E-state index is 0.0588. The van der Waals surface area contributed by atoms with Crippen molar-refractivity contribution in [3.63, 3.8) is 0 Å². The van der Waals surface area contributed by atoms with Crippen molar-refractivity contribution in [2.45, 2.75) is 321 Å². The average molecular weight is 818 g/mol. The van der Waals surface area contributed by atoms with Gasteiger partial charge in [-0.05, 0) is 19.3 Å². The standard InChI is InChI=1S/C54H107NO3/c1-3-5-7-9-11-13-15-17-19-20-21-22-23-24-25-26-27-28-29-30-31-32-33-34-35-36-37-39-41-43-45-47-49-53(57)52(51-56)55-54(58)50-48-46-44-42-40-38-18-16-14-12-10-8-6-4-2/h47,49,52-53,56-57H,3-46,48,50-51H2,1-2H3,(H,55,58)/b49-47+. The van der Waals surface area contributed by atoms with Crippen molar-refractivity contribution in [2.75, 3.05) is 6.61 Å². The number of carbonyl (C=O) groups excluding carboxylic acids is 1. The highest BCUT2D eigenvalue weighted by atomic mass is 16.3. The van der Waals surface area contributed by atoms with Crippen molar-refractivity contribution < 1.29 is 15.0 Å². The number of nitrogens with one attached hydrogen (secondary N) is 1. The van der Waals surface area contributed by atoms with Crippen LogP contribution in [0.5, 0.6) is 0 Å². The summed E-state index contributed by atoms with van der Waals surface area (Å²) in [4.78, 5) is 12.4. The van der Waals surface area contributed by atoms with E-state index in [2.05, 4.69) is 19.2 Å². The van der Waals surface area contributed by atoms with E-state index in [1.165, 1.54) is 263 Å². The fourth-order valence-corrected chi connectivity index (χ4v) is 8.65. The van der Waals surface area contributed by atoms with E-state index in [0.29, 0.717) is 6.42 Å².